The van der Waals surface area contributed by atoms with Crippen LogP contribution in [0.15, 0.2) is 30.3 Å². The Hall–Kier alpha value is -2.14. The number of rotatable bonds is 5. The lowest BCUT2D eigenvalue weighted by molar-refractivity contribution is 0.102. The molecule has 0 bridgehead atoms. The van der Waals surface area contributed by atoms with Crippen LogP contribution in [0.3, 0.4) is 0 Å². The largest absolute Gasteiger partial charge is 0.321 e. The van der Waals surface area contributed by atoms with Crippen LogP contribution >= 0.6 is 0 Å². The highest BCUT2D eigenvalue weighted by molar-refractivity contribution is 6.02. The van der Waals surface area contributed by atoms with Gasteiger partial charge in [-0.05, 0) is 48.9 Å². The molecule has 0 unspecified atom stereocenters. The zero-order valence-electron chi connectivity index (χ0n) is 15.6. The van der Waals surface area contributed by atoms with E-state index >= 15 is 0 Å². The third-order valence-electron chi connectivity index (χ3n) is 5.31. The molecule has 3 rings (SSSR count). The molecular formula is C20H28N4O. The van der Waals surface area contributed by atoms with Gasteiger partial charge >= 0.3 is 0 Å². The van der Waals surface area contributed by atoms with E-state index in [-0.39, 0.29) is 5.91 Å². The first-order chi connectivity index (χ1) is 11.9. The van der Waals surface area contributed by atoms with E-state index in [1.807, 2.05) is 26.1 Å². The molecule has 1 aromatic carbocycles. The molecule has 5 heteroatoms. The minimum Gasteiger partial charge on any atom is -0.321 e. The van der Waals surface area contributed by atoms with Crippen molar-refractivity contribution in [2.75, 3.05) is 25.0 Å². The van der Waals surface area contributed by atoms with Crippen molar-refractivity contribution in [3.8, 4) is 0 Å². The molecule has 0 saturated carbocycles. The van der Waals surface area contributed by atoms with E-state index in [2.05, 4.69) is 41.3 Å². The maximum atomic E-state index is 12.3. The van der Waals surface area contributed by atoms with Crippen LogP contribution in [0, 0.1) is 18.8 Å². The summed E-state index contributed by atoms with van der Waals surface area (Å²) in [6, 6.07) is 9.93. The number of benzene rings is 1. The molecule has 2 atom stereocenters. The first kappa shape index (κ1) is 17.7. The fraction of sp³-hybridized carbons (Fsp3) is 0.500. The van der Waals surface area contributed by atoms with E-state index in [1.165, 1.54) is 18.7 Å². The summed E-state index contributed by atoms with van der Waals surface area (Å²) in [6.45, 7) is 10.1. The van der Waals surface area contributed by atoms with Gasteiger partial charge in [-0.25, -0.2) is 0 Å². The van der Waals surface area contributed by atoms with Crippen LogP contribution in [-0.4, -0.2) is 40.2 Å². The SMILES string of the molecule is Cc1cc(C(=O)Nc2cccc(CCN3C[C@H](C)[C@@H](C)C3)c2)nn1C. The van der Waals surface area contributed by atoms with Crippen molar-refractivity contribution in [2.24, 2.45) is 18.9 Å². The zero-order chi connectivity index (χ0) is 18.0. The van der Waals surface area contributed by atoms with Gasteiger partial charge in [0.05, 0.1) is 0 Å². The van der Waals surface area contributed by atoms with E-state index in [0.717, 1.165) is 36.2 Å². The lowest BCUT2D eigenvalue weighted by atomic mass is 10.0. The molecule has 1 aliphatic heterocycles. The molecule has 134 valence electrons. The van der Waals surface area contributed by atoms with Gasteiger partial charge in [0.2, 0.25) is 0 Å². The Morgan fingerprint density at radius 3 is 2.60 bits per heavy atom. The molecule has 0 radical (unpaired) electrons. The summed E-state index contributed by atoms with van der Waals surface area (Å²) >= 11 is 0. The summed E-state index contributed by atoms with van der Waals surface area (Å²) in [5, 5.41) is 7.18. The van der Waals surface area contributed by atoms with E-state index in [9.17, 15) is 4.79 Å². The monoisotopic (exact) mass is 340 g/mol. The number of hydrogen-bond donors (Lipinski definition) is 1. The van der Waals surface area contributed by atoms with Crippen LogP contribution in [0.25, 0.3) is 0 Å². The number of carbonyl (C=O) groups excluding carboxylic acids is 1. The molecule has 1 saturated heterocycles. The summed E-state index contributed by atoms with van der Waals surface area (Å²) in [5.41, 5.74) is 3.49. The van der Waals surface area contributed by atoms with Crippen LogP contribution in [0.5, 0.6) is 0 Å². The summed E-state index contributed by atoms with van der Waals surface area (Å²) in [7, 11) is 1.84. The molecule has 2 aromatic rings. The molecule has 1 amide bonds. The maximum absolute atomic E-state index is 12.3. The zero-order valence-corrected chi connectivity index (χ0v) is 15.6. The Labute approximate surface area is 150 Å². The maximum Gasteiger partial charge on any atom is 0.276 e. The quantitative estimate of drug-likeness (QED) is 0.910. The minimum atomic E-state index is -0.164. The molecule has 25 heavy (non-hydrogen) atoms. The summed E-state index contributed by atoms with van der Waals surface area (Å²) < 4.78 is 1.71. The molecule has 1 aliphatic rings. The van der Waals surface area contributed by atoms with Gasteiger partial charge in [-0.2, -0.15) is 5.10 Å². The highest BCUT2D eigenvalue weighted by atomic mass is 16.1. The lowest BCUT2D eigenvalue weighted by Gasteiger charge is -2.15. The number of carbonyl (C=O) groups is 1. The molecule has 0 spiro atoms. The van der Waals surface area contributed by atoms with Crippen molar-refractivity contribution in [3.63, 3.8) is 0 Å². The Morgan fingerprint density at radius 1 is 1.24 bits per heavy atom. The second-order valence-electron chi connectivity index (χ2n) is 7.41. The van der Waals surface area contributed by atoms with Gasteiger partial charge in [0.1, 0.15) is 0 Å². The Bertz CT molecular complexity index is 722. The van der Waals surface area contributed by atoms with Gasteiger partial charge in [0.15, 0.2) is 5.69 Å². The Kier molecular flexibility index (Phi) is 5.23. The predicted molar refractivity (Wildman–Crippen MR) is 101 cm³/mol. The highest BCUT2D eigenvalue weighted by Gasteiger charge is 2.25. The number of anilines is 1. The highest BCUT2D eigenvalue weighted by Crippen LogP contribution is 2.22. The number of nitrogens with one attached hydrogen (secondary N) is 1. The van der Waals surface area contributed by atoms with Gasteiger partial charge < -0.3 is 10.2 Å². The molecule has 1 aromatic heterocycles. The lowest BCUT2D eigenvalue weighted by Crippen LogP contribution is -2.23. The Morgan fingerprint density at radius 2 is 1.96 bits per heavy atom. The molecule has 2 heterocycles. The van der Waals surface area contributed by atoms with Crippen molar-refractivity contribution in [1.82, 2.24) is 14.7 Å². The van der Waals surface area contributed by atoms with E-state index in [4.69, 9.17) is 0 Å². The van der Waals surface area contributed by atoms with Crippen molar-refractivity contribution in [2.45, 2.75) is 27.2 Å². The first-order valence-electron chi connectivity index (χ1n) is 9.05. The van der Waals surface area contributed by atoms with Crippen molar-refractivity contribution in [3.05, 3.63) is 47.3 Å². The molecule has 5 nitrogen and oxygen atoms in total. The van der Waals surface area contributed by atoms with Crippen molar-refractivity contribution in [1.29, 1.82) is 0 Å². The number of aryl methyl sites for hydroxylation is 2. The van der Waals surface area contributed by atoms with Crippen LogP contribution < -0.4 is 5.32 Å². The van der Waals surface area contributed by atoms with Crippen LogP contribution in [0.1, 0.15) is 35.6 Å². The molecular weight excluding hydrogens is 312 g/mol. The van der Waals surface area contributed by atoms with E-state index in [1.54, 1.807) is 10.7 Å². The van der Waals surface area contributed by atoms with E-state index < -0.39 is 0 Å². The number of amides is 1. The number of hydrogen-bond acceptors (Lipinski definition) is 3. The standard InChI is InChI=1S/C20H28N4O/c1-14-12-24(13-15(14)2)9-8-17-6-5-7-18(11-17)21-20(25)19-10-16(3)23(4)22-19/h5-7,10-11,14-15H,8-9,12-13H2,1-4H3,(H,21,25)/t14-,15-/m0/s1. The number of nitrogens with zero attached hydrogens (tertiary/aromatic N) is 3. The van der Waals surface area contributed by atoms with Gasteiger partial charge in [-0.15, -0.1) is 0 Å². The molecule has 0 aliphatic carbocycles. The van der Waals surface area contributed by atoms with Gasteiger partial charge in [0.25, 0.3) is 5.91 Å². The minimum absolute atomic E-state index is 0.164. The van der Waals surface area contributed by atoms with Crippen molar-refractivity contribution < 1.29 is 4.79 Å². The van der Waals surface area contributed by atoms with Gasteiger partial charge in [-0.3, -0.25) is 9.48 Å². The average Bonchev–Trinajstić information content (AvgIpc) is 3.08. The van der Waals surface area contributed by atoms with Crippen LogP contribution in [0.4, 0.5) is 5.69 Å². The number of likely N-dealkylation sites (tertiary alicyclic amines) is 1. The second-order valence-corrected chi connectivity index (χ2v) is 7.41. The fourth-order valence-electron chi connectivity index (χ4n) is 3.39. The Balaban J connectivity index is 1.58. The van der Waals surface area contributed by atoms with Crippen LogP contribution in [0.2, 0.25) is 0 Å². The molecule has 1 fully saturated rings. The van der Waals surface area contributed by atoms with Gasteiger partial charge in [0, 0.05) is 38.1 Å². The summed E-state index contributed by atoms with van der Waals surface area (Å²) in [6.07, 6.45) is 1.01. The fourth-order valence-corrected chi connectivity index (χ4v) is 3.39. The third-order valence-corrected chi connectivity index (χ3v) is 5.31. The normalized spacial score (nSPS) is 20.8. The first-order valence-corrected chi connectivity index (χ1v) is 9.05. The summed E-state index contributed by atoms with van der Waals surface area (Å²) in [5.74, 6) is 1.41. The second kappa shape index (κ2) is 7.40. The van der Waals surface area contributed by atoms with Crippen molar-refractivity contribution >= 4 is 11.6 Å². The molecule has 1 N–H and O–H groups in total. The third kappa shape index (κ3) is 4.28. The number of aromatic nitrogens is 2. The summed E-state index contributed by atoms with van der Waals surface area (Å²) in [4.78, 5) is 14.9. The van der Waals surface area contributed by atoms with Gasteiger partial charge in [-0.1, -0.05) is 26.0 Å². The van der Waals surface area contributed by atoms with E-state index in [0.29, 0.717) is 5.69 Å². The average molecular weight is 340 g/mol. The predicted octanol–water partition coefficient (Wildman–Crippen LogP) is 3.11. The smallest absolute Gasteiger partial charge is 0.276 e. The van der Waals surface area contributed by atoms with Crippen LogP contribution in [-0.2, 0) is 13.5 Å². The topological polar surface area (TPSA) is 50.2 Å².